The van der Waals surface area contributed by atoms with E-state index in [2.05, 4.69) is 47.5 Å². The van der Waals surface area contributed by atoms with Gasteiger partial charge in [0, 0.05) is 28.8 Å². The Bertz CT molecular complexity index is 825. The van der Waals surface area contributed by atoms with Crippen LogP contribution in [0.1, 0.15) is 25.3 Å². The van der Waals surface area contributed by atoms with E-state index in [1.165, 1.54) is 18.2 Å². The van der Waals surface area contributed by atoms with Gasteiger partial charge in [-0.25, -0.2) is 4.79 Å². The predicted octanol–water partition coefficient (Wildman–Crippen LogP) is 3.12. The fraction of sp³-hybridized carbons (Fsp3) is 0.476. The number of hydrogen-bond donors (Lipinski definition) is 1. The molecule has 0 radical (unpaired) electrons. The number of hydrogen-bond acceptors (Lipinski definition) is 4. The van der Waals surface area contributed by atoms with E-state index in [-0.39, 0.29) is 17.3 Å². The molecule has 1 aromatic carbocycles. The largest absolute Gasteiger partial charge is 0.466 e. The summed E-state index contributed by atoms with van der Waals surface area (Å²) in [7, 11) is 1.50. The summed E-state index contributed by atoms with van der Waals surface area (Å²) in [4.78, 5) is 15.4. The molecule has 4 nitrogen and oxygen atoms in total. The van der Waals surface area contributed by atoms with Gasteiger partial charge in [0.25, 0.3) is 0 Å². The molecule has 0 unspecified atom stereocenters. The summed E-state index contributed by atoms with van der Waals surface area (Å²) in [5.74, 6) is 0.0297. The molecular weight excluding hydrogens is 312 g/mol. The van der Waals surface area contributed by atoms with Crippen LogP contribution in [0.25, 0.3) is 0 Å². The highest BCUT2D eigenvalue weighted by atomic mass is 16.5. The Balaban J connectivity index is 1.80. The van der Waals surface area contributed by atoms with Crippen molar-refractivity contribution in [3.8, 4) is 0 Å². The summed E-state index contributed by atoms with van der Waals surface area (Å²) in [6.45, 7) is 4.31. The van der Waals surface area contributed by atoms with Gasteiger partial charge in [-0.3, -0.25) is 4.90 Å². The van der Waals surface area contributed by atoms with E-state index in [1.54, 1.807) is 0 Å². The van der Waals surface area contributed by atoms with Crippen molar-refractivity contribution in [2.24, 2.45) is 11.3 Å². The smallest absolute Gasteiger partial charge is 0.336 e. The van der Waals surface area contributed by atoms with Gasteiger partial charge in [0.15, 0.2) is 0 Å². The summed E-state index contributed by atoms with van der Waals surface area (Å²) in [6, 6.07) is 8.93. The number of piperidine rings is 1. The average Bonchev–Trinajstić information content (AvgIpc) is 3.04. The summed E-state index contributed by atoms with van der Waals surface area (Å²) in [5, 5.41) is 3.68. The van der Waals surface area contributed by atoms with Gasteiger partial charge in [-0.2, -0.15) is 0 Å². The molecule has 3 heterocycles. The maximum absolute atomic E-state index is 12.8. The molecule has 1 N–H and O–H groups in total. The van der Waals surface area contributed by atoms with Crippen LogP contribution >= 0.6 is 0 Å². The Morgan fingerprint density at radius 3 is 3.00 bits per heavy atom. The number of carbonyl (C=O) groups excluding carboxylic acids is 1. The minimum absolute atomic E-state index is 0.0172. The summed E-state index contributed by atoms with van der Waals surface area (Å²) < 4.78 is 5.24. The van der Waals surface area contributed by atoms with E-state index in [4.69, 9.17) is 4.74 Å². The molecule has 5 rings (SSSR count). The van der Waals surface area contributed by atoms with Gasteiger partial charge in [-0.15, -0.1) is 0 Å². The summed E-state index contributed by atoms with van der Waals surface area (Å²) in [5.41, 5.74) is 5.93. The van der Waals surface area contributed by atoms with Gasteiger partial charge in [0.05, 0.1) is 12.7 Å². The first-order valence-electron chi connectivity index (χ1n) is 9.27. The molecular formula is C21H24N2O2. The maximum atomic E-state index is 12.8. The molecule has 0 saturated carbocycles. The van der Waals surface area contributed by atoms with Gasteiger partial charge in [0.2, 0.25) is 0 Å². The van der Waals surface area contributed by atoms with Crippen molar-refractivity contribution >= 4 is 11.7 Å². The van der Waals surface area contributed by atoms with Crippen molar-refractivity contribution < 1.29 is 9.53 Å². The van der Waals surface area contributed by atoms with E-state index >= 15 is 0 Å². The zero-order chi connectivity index (χ0) is 17.2. The summed E-state index contributed by atoms with van der Waals surface area (Å²) in [6.07, 6.45) is 5.36. The lowest BCUT2D eigenvalue weighted by Crippen LogP contribution is -2.55. The number of ether oxygens (including phenoxy) is 1. The fourth-order valence-corrected chi connectivity index (χ4v) is 5.85. The minimum Gasteiger partial charge on any atom is -0.466 e. The number of carbonyl (C=O) groups is 1. The van der Waals surface area contributed by atoms with Crippen LogP contribution in [0.5, 0.6) is 0 Å². The van der Waals surface area contributed by atoms with Gasteiger partial charge >= 0.3 is 5.97 Å². The molecule has 1 aromatic rings. The van der Waals surface area contributed by atoms with Crippen molar-refractivity contribution in [3.63, 3.8) is 0 Å². The van der Waals surface area contributed by atoms with Crippen LogP contribution in [0, 0.1) is 11.3 Å². The lowest BCUT2D eigenvalue weighted by Gasteiger charge is -2.53. The Morgan fingerprint density at radius 2 is 2.20 bits per heavy atom. The van der Waals surface area contributed by atoms with Crippen molar-refractivity contribution in [3.05, 3.63) is 52.7 Å². The van der Waals surface area contributed by atoms with Crippen LogP contribution in [0.4, 0.5) is 5.69 Å². The SMILES string of the molecule is C/C=C1\[C@@H]2CCN3CC[C@@]4(Cc5ccccc5NC4=C2C(=O)OC)[C@@H]13. The van der Waals surface area contributed by atoms with Gasteiger partial charge in [-0.05, 0) is 56.5 Å². The molecule has 130 valence electrons. The highest BCUT2D eigenvalue weighted by molar-refractivity contribution is 5.93. The zero-order valence-corrected chi connectivity index (χ0v) is 14.8. The van der Waals surface area contributed by atoms with E-state index in [0.717, 1.165) is 49.3 Å². The zero-order valence-electron chi connectivity index (χ0n) is 14.8. The minimum atomic E-state index is -0.163. The number of fused-ring (bicyclic) bond motifs is 2. The number of anilines is 1. The number of rotatable bonds is 1. The molecule has 4 heteroatoms. The molecule has 3 atom stereocenters. The third-order valence-corrected chi connectivity index (χ3v) is 6.79. The molecule has 4 aliphatic rings. The molecule has 3 aliphatic heterocycles. The highest BCUT2D eigenvalue weighted by Crippen LogP contribution is 2.60. The van der Waals surface area contributed by atoms with Crippen molar-refractivity contribution in [2.75, 3.05) is 25.5 Å². The maximum Gasteiger partial charge on any atom is 0.336 e. The first-order valence-corrected chi connectivity index (χ1v) is 9.27. The standard InChI is InChI=1S/C21H24N2O2/c1-3-14-15-8-10-23-11-9-21(19(14)23)12-13-6-4-5-7-16(13)22-18(21)17(15)20(24)25-2/h3-7,15,19,22H,8-12H2,1-2H3/b14-3+/t15-,19+,21-/m0/s1. The second kappa shape index (κ2) is 5.21. The van der Waals surface area contributed by atoms with Crippen LogP contribution in [-0.4, -0.2) is 37.1 Å². The molecule has 1 spiro atoms. The molecule has 2 bridgehead atoms. The van der Waals surface area contributed by atoms with Crippen molar-refractivity contribution in [2.45, 2.75) is 32.2 Å². The number of allylic oxidation sites excluding steroid dienone is 1. The van der Waals surface area contributed by atoms with E-state index in [9.17, 15) is 4.79 Å². The van der Waals surface area contributed by atoms with Crippen LogP contribution < -0.4 is 5.32 Å². The Labute approximate surface area is 148 Å². The number of methoxy groups -OCH3 is 1. The number of nitrogens with one attached hydrogen (secondary N) is 1. The molecule has 1 aliphatic carbocycles. The quantitative estimate of drug-likeness (QED) is 0.632. The van der Waals surface area contributed by atoms with E-state index in [0.29, 0.717) is 6.04 Å². The number of benzene rings is 1. The molecule has 0 amide bonds. The Hall–Kier alpha value is -2.07. The highest BCUT2D eigenvalue weighted by Gasteiger charge is 2.60. The van der Waals surface area contributed by atoms with Crippen LogP contribution in [0.15, 0.2) is 47.2 Å². The van der Waals surface area contributed by atoms with Crippen molar-refractivity contribution in [1.29, 1.82) is 0 Å². The van der Waals surface area contributed by atoms with Crippen LogP contribution in [0.2, 0.25) is 0 Å². The first kappa shape index (κ1) is 15.2. The number of esters is 1. The molecule has 2 saturated heterocycles. The van der Waals surface area contributed by atoms with Gasteiger partial charge < -0.3 is 10.1 Å². The molecule has 25 heavy (non-hydrogen) atoms. The Kier molecular flexibility index (Phi) is 3.17. The lowest BCUT2D eigenvalue weighted by atomic mass is 9.58. The molecule has 2 fully saturated rings. The predicted molar refractivity (Wildman–Crippen MR) is 97.1 cm³/mol. The van der Waals surface area contributed by atoms with Crippen molar-refractivity contribution in [1.82, 2.24) is 4.90 Å². The van der Waals surface area contributed by atoms with E-state index in [1.807, 2.05) is 0 Å². The normalized spacial score (nSPS) is 34.4. The van der Waals surface area contributed by atoms with Gasteiger partial charge in [-0.1, -0.05) is 24.3 Å². The fourth-order valence-electron chi connectivity index (χ4n) is 5.85. The monoisotopic (exact) mass is 336 g/mol. The van der Waals surface area contributed by atoms with Crippen LogP contribution in [0.3, 0.4) is 0 Å². The average molecular weight is 336 g/mol. The summed E-state index contributed by atoms with van der Waals surface area (Å²) >= 11 is 0. The van der Waals surface area contributed by atoms with E-state index < -0.39 is 0 Å². The third-order valence-electron chi connectivity index (χ3n) is 6.79. The van der Waals surface area contributed by atoms with Gasteiger partial charge in [0.1, 0.15) is 0 Å². The number of para-hydroxylation sites is 1. The Morgan fingerprint density at radius 1 is 1.36 bits per heavy atom. The second-order valence-corrected chi connectivity index (χ2v) is 7.71. The first-order chi connectivity index (χ1) is 12.2. The lowest BCUT2D eigenvalue weighted by molar-refractivity contribution is -0.137. The van der Waals surface area contributed by atoms with Crippen LogP contribution in [-0.2, 0) is 16.0 Å². The number of nitrogens with zero attached hydrogens (tertiary/aromatic N) is 1. The third kappa shape index (κ3) is 1.83. The second-order valence-electron chi connectivity index (χ2n) is 7.71. The molecule has 0 aromatic heterocycles. The topological polar surface area (TPSA) is 41.6 Å².